The number of rotatable bonds is 7. The van der Waals surface area contributed by atoms with Crippen LogP contribution in [0.15, 0.2) is 43.0 Å². The Labute approximate surface area is 141 Å². The van der Waals surface area contributed by atoms with Crippen LogP contribution >= 0.6 is 0 Å². The molecule has 7 nitrogen and oxygen atoms in total. The molecule has 1 aromatic rings. The monoisotopic (exact) mass is 332 g/mol. The van der Waals surface area contributed by atoms with Crippen LogP contribution < -0.4 is 5.32 Å². The fourth-order valence-electron chi connectivity index (χ4n) is 2.54. The van der Waals surface area contributed by atoms with Gasteiger partial charge in [0.2, 0.25) is 5.91 Å². The predicted molar refractivity (Wildman–Crippen MR) is 88.9 cm³/mol. The van der Waals surface area contributed by atoms with E-state index in [2.05, 4.69) is 11.9 Å². The Kier molecular flexibility index (Phi) is 6.40. The van der Waals surface area contributed by atoms with Gasteiger partial charge < -0.3 is 25.0 Å². The molecular formula is C16H21BN2O5. The Morgan fingerprint density at radius 1 is 1.38 bits per heavy atom. The van der Waals surface area contributed by atoms with Gasteiger partial charge in [-0.05, 0) is 11.6 Å². The summed E-state index contributed by atoms with van der Waals surface area (Å²) in [5.74, 6) is -0.0185. The first kappa shape index (κ1) is 18.0. The first-order valence-electron chi connectivity index (χ1n) is 7.75. The summed E-state index contributed by atoms with van der Waals surface area (Å²) < 4.78 is 5.16. The number of hydrogen-bond acceptors (Lipinski definition) is 5. The molecule has 1 fully saturated rings. The molecule has 1 saturated heterocycles. The summed E-state index contributed by atoms with van der Waals surface area (Å²) in [5.41, 5.74) is 0.758. The van der Waals surface area contributed by atoms with E-state index in [0.29, 0.717) is 13.1 Å². The Morgan fingerprint density at radius 3 is 2.62 bits per heavy atom. The number of nitrogens with one attached hydrogen (secondary N) is 1. The van der Waals surface area contributed by atoms with E-state index in [4.69, 9.17) is 4.74 Å². The lowest BCUT2D eigenvalue weighted by atomic mass is 9.79. The van der Waals surface area contributed by atoms with Crippen LogP contribution in [0.25, 0.3) is 0 Å². The third kappa shape index (κ3) is 5.11. The highest BCUT2D eigenvalue weighted by molar-refractivity contribution is 6.41. The molecule has 1 aliphatic heterocycles. The molecule has 1 aliphatic rings. The topological polar surface area (TPSA) is 99.1 Å². The molecule has 0 aromatic heterocycles. The molecule has 3 N–H and O–H groups in total. The minimum absolute atomic E-state index is 0.0375. The summed E-state index contributed by atoms with van der Waals surface area (Å²) >= 11 is 0. The normalized spacial score (nSPS) is 15.2. The number of carbonyl (C=O) groups excluding carboxylic acids is 2. The standard InChI is InChI=1S/C16H21BN2O5/c1-2-15(20)19-9-12(10-19)11-24-16(21)18-14(8-17(22)23)13-6-4-3-5-7-13/h2-7,12,14,22-23H,1,8-11H2,(H,18,21)/t14-/m0/s1. The van der Waals surface area contributed by atoms with Crippen LogP contribution in [0.4, 0.5) is 4.79 Å². The highest BCUT2D eigenvalue weighted by Gasteiger charge is 2.30. The van der Waals surface area contributed by atoms with Gasteiger partial charge in [-0.15, -0.1) is 0 Å². The van der Waals surface area contributed by atoms with Crippen molar-refractivity contribution in [3.05, 3.63) is 48.6 Å². The highest BCUT2D eigenvalue weighted by atomic mass is 16.5. The molecule has 128 valence electrons. The number of likely N-dealkylation sites (tertiary alicyclic amines) is 1. The molecule has 0 bridgehead atoms. The molecule has 0 spiro atoms. The van der Waals surface area contributed by atoms with Gasteiger partial charge in [0, 0.05) is 25.3 Å². The predicted octanol–water partition coefficient (Wildman–Crippen LogP) is 0.571. The molecule has 1 aromatic carbocycles. The third-order valence-corrected chi connectivity index (χ3v) is 3.83. The fourth-order valence-corrected chi connectivity index (χ4v) is 2.54. The summed E-state index contributed by atoms with van der Waals surface area (Å²) in [6.07, 6.45) is 0.594. The first-order valence-corrected chi connectivity index (χ1v) is 7.75. The maximum absolute atomic E-state index is 11.9. The SMILES string of the molecule is C=CC(=O)N1CC(COC(=O)N[C@@H](CB(O)O)c2ccccc2)C1. The van der Waals surface area contributed by atoms with Crippen molar-refractivity contribution in [1.29, 1.82) is 0 Å². The smallest absolute Gasteiger partial charge is 0.449 e. The molecule has 0 saturated carbocycles. The van der Waals surface area contributed by atoms with Crippen molar-refractivity contribution in [2.45, 2.75) is 12.4 Å². The van der Waals surface area contributed by atoms with Crippen LogP contribution in [0.1, 0.15) is 11.6 Å². The number of ether oxygens (including phenoxy) is 1. The molecule has 1 heterocycles. The molecule has 0 unspecified atom stereocenters. The van der Waals surface area contributed by atoms with Crippen LogP contribution in [0, 0.1) is 5.92 Å². The van der Waals surface area contributed by atoms with Crippen molar-refractivity contribution in [3.63, 3.8) is 0 Å². The summed E-state index contributed by atoms with van der Waals surface area (Å²) in [6, 6.07) is 8.47. The minimum atomic E-state index is -1.54. The van der Waals surface area contributed by atoms with Gasteiger partial charge >= 0.3 is 13.2 Å². The second kappa shape index (κ2) is 8.51. The van der Waals surface area contributed by atoms with Crippen LogP contribution in [-0.4, -0.2) is 53.8 Å². The van der Waals surface area contributed by atoms with Crippen molar-refractivity contribution in [2.24, 2.45) is 5.92 Å². The zero-order valence-corrected chi connectivity index (χ0v) is 13.3. The minimum Gasteiger partial charge on any atom is -0.449 e. The number of alkyl carbamates (subject to hydrolysis) is 1. The van der Waals surface area contributed by atoms with Gasteiger partial charge in [-0.25, -0.2) is 4.79 Å². The van der Waals surface area contributed by atoms with Crippen molar-refractivity contribution < 1.29 is 24.4 Å². The number of hydrogen-bond donors (Lipinski definition) is 3. The fraction of sp³-hybridized carbons (Fsp3) is 0.375. The average molecular weight is 332 g/mol. The molecule has 8 heteroatoms. The Morgan fingerprint density at radius 2 is 2.04 bits per heavy atom. The third-order valence-electron chi connectivity index (χ3n) is 3.83. The van der Waals surface area contributed by atoms with Crippen molar-refractivity contribution >= 4 is 19.1 Å². The van der Waals surface area contributed by atoms with E-state index < -0.39 is 19.3 Å². The maximum Gasteiger partial charge on any atom is 0.453 e. The van der Waals surface area contributed by atoms with E-state index in [1.807, 2.05) is 6.07 Å². The van der Waals surface area contributed by atoms with Crippen LogP contribution in [-0.2, 0) is 9.53 Å². The lowest BCUT2D eigenvalue weighted by Crippen LogP contribution is -2.51. The van der Waals surface area contributed by atoms with Gasteiger partial charge in [-0.1, -0.05) is 36.9 Å². The van der Waals surface area contributed by atoms with Crippen molar-refractivity contribution in [1.82, 2.24) is 10.2 Å². The molecule has 2 amide bonds. The quantitative estimate of drug-likeness (QED) is 0.501. The summed E-state index contributed by atoms with van der Waals surface area (Å²) in [7, 11) is -1.54. The maximum atomic E-state index is 11.9. The zero-order chi connectivity index (χ0) is 17.5. The lowest BCUT2D eigenvalue weighted by molar-refractivity contribution is -0.132. The van der Waals surface area contributed by atoms with E-state index in [0.717, 1.165) is 5.56 Å². The van der Waals surface area contributed by atoms with Gasteiger partial charge in [-0.2, -0.15) is 0 Å². The Hall–Kier alpha value is -2.32. The number of nitrogens with zero attached hydrogens (tertiary/aromatic N) is 1. The molecule has 0 radical (unpaired) electrons. The molecule has 24 heavy (non-hydrogen) atoms. The zero-order valence-electron chi connectivity index (χ0n) is 13.3. The van der Waals surface area contributed by atoms with Gasteiger partial charge in [0.15, 0.2) is 0 Å². The summed E-state index contributed by atoms with van der Waals surface area (Å²) in [4.78, 5) is 24.9. The lowest BCUT2D eigenvalue weighted by Gasteiger charge is -2.38. The van der Waals surface area contributed by atoms with Crippen molar-refractivity contribution in [2.75, 3.05) is 19.7 Å². The van der Waals surface area contributed by atoms with E-state index in [1.54, 1.807) is 29.2 Å². The van der Waals surface area contributed by atoms with Crippen molar-refractivity contribution in [3.8, 4) is 0 Å². The van der Waals surface area contributed by atoms with Crippen LogP contribution in [0.2, 0.25) is 6.32 Å². The summed E-state index contributed by atoms with van der Waals surface area (Å²) in [5, 5.41) is 21.0. The first-order chi connectivity index (χ1) is 11.5. The number of carbonyl (C=O) groups is 2. The van der Waals surface area contributed by atoms with Crippen LogP contribution in [0.5, 0.6) is 0 Å². The van der Waals surface area contributed by atoms with Gasteiger partial charge in [0.25, 0.3) is 0 Å². The van der Waals surface area contributed by atoms with Gasteiger partial charge in [-0.3, -0.25) is 4.79 Å². The van der Waals surface area contributed by atoms with E-state index in [9.17, 15) is 19.6 Å². The molecular weight excluding hydrogens is 311 g/mol. The molecule has 2 rings (SSSR count). The largest absolute Gasteiger partial charge is 0.453 e. The van der Waals surface area contributed by atoms with Gasteiger partial charge in [0.1, 0.15) is 0 Å². The number of amides is 2. The number of benzene rings is 1. The molecule has 1 atom stereocenters. The second-order valence-electron chi connectivity index (χ2n) is 5.74. The highest BCUT2D eigenvalue weighted by Crippen LogP contribution is 2.19. The van der Waals surface area contributed by atoms with Gasteiger partial charge in [0.05, 0.1) is 12.6 Å². The average Bonchev–Trinajstić information content (AvgIpc) is 2.52. The Balaban J connectivity index is 1.79. The molecule has 0 aliphatic carbocycles. The summed E-state index contributed by atoms with van der Waals surface area (Å²) in [6.45, 7) is 4.70. The van der Waals surface area contributed by atoms with Crippen LogP contribution in [0.3, 0.4) is 0 Å². The second-order valence-corrected chi connectivity index (χ2v) is 5.74. The van der Waals surface area contributed by atoms with E-state index in [-0.39, 0.29) is 24.8 Å². The van der Waals surface area contributed by atoms with E-state index >= 15 is 0 Å². The van der Waals surface area contributed by atoms with E-state index in [1.165, 1.54) is 6.08 Å². The Bertz CT molecular complexity index is 575.